The lowest BCUT2D eigenvalue weighted by Gasteiger charge is -2.35. The van der Waals surface area contributed by atoms with E-state index >= 15 is 0 Å². The van der Waals surface area contributed by atoms with Gasteiger partial charge in [0, 0.05) is 45.3 Å². The number of sulfonamides is 1. The zero-order valence-electron chi connectivity index (χ0n) is 13.4. The number of likely N-dealkylation sites (N-methyl/N-ethyl adjacent to an activating group) is 1. The van der Waals surface area contributed by atoms with Crippen molar-refractivity contribution in [1.29, 1.82) is 0 Å². The Labute approximate surface area is 129 Å². The van der Waals surface area contributed by atoms with E-state index in [4.69, 9.17) is 0 Å². The second kappa shape index (κ2) is 7.87. The van der Waals surface area contributed by atoms with Gasteiger partial charge in [0.1, 0.15) is 0 Å². The Morgan fingerprint density at radius 2 is 1.86 bits per heavy atom. The predicted molar refractivity (Wildman–Crippen MR) is 86.0 cm³/mol. The second-order valence-corrected chi connectivity index (χ2v) is 8.48. The molecule has 2 aliphatic heterocycles. The van der Waals surface area contributed by atoms with Gasteiger partial charge in [0.25, 0.3) is 0 Å². The van der Waals surface area contributed by atoms with Crippen LogP contribution in [0.25, 0.3) is 0 Å². The van der Waals surface area contributed by atoms with Crippen LogP contribution in [0.4, 0.5) is 0 Å². The van der Waals surface area contributed by atoms with E-state index in [0.29, 0.717) is 13.1 Å². The van der Waals surface area contributed by atoms with Gasteiger partial charge in [-0.25, -0.2) is 8.42 Å². The molecule has 2 fully saturated rings. The van der Waals surface area contributed by atoms with Crippen LogP contribution in [-0.4, -0.2) is 94.2 Å². The molecule has 2 rings (SSSR count). The molecule has 0 aliphatic carbocycles. The largest absolute Gasteiger partial charge is 0.313 e. The highest BCUT2D eigenvalue weighted by Gasteiger charge is 2.29. The molecule has 0 saturated carbocycles. The molecular formula is C14H30N4O2S. The van der Waals surface area contributed by atoms with Crippen LogP contribution in [-0.2, 0) is 10.0 Å². The van der Waals surface area contributed by atoms with Crippen LogP contribution < -0.4 is 5.32 Å². The summed E-state index contributed by atoms with van der Waals surface area (Å²) in [5, 5.41) is 3.33. The third-order valence-electron chi connectivity index (χ3n) is 4.41. The van der Waals surface area contributed by atoms with Crippen molar-refractivity contribution >= 4 is 10.0 Å². The molecule has 6 nitrogen and oxygen atoms in total. The molecule has 1 N–H and O–H groups in total. The number of piperidine rings is 1. The monoisotopic (exact) mass is 318 g/mol. The highest BCUT2D eigenvalue weighted by atomic mass is 32.2. The minimum atomic E-state index is -3.10. The minimum Gasteiger partial charge on any atom is -0.313 e. The zero-order chi connectivity index (χ0) is 15.3. The van der Waals surface area contributed by atoms with Crippen molar-refractivity contribution in [2.45, 2.75) is 25.3 Å². The van der Waals surface area contributed by atoms with E-state index in [1.54, 1.807) is 4.31 Å². The number of hydrogen-bond acceptors (Lipinski definition) is 5. The van der Waals surface area contributed by atoms with Crippen LogP contribution in [0.1, 0.15) is 19.3 Å². The molecule has 2 aliphatic rings. The fourth-order valence-corrected chi connectivity index (χ4v) is 4.72. The molecule has 124 valence electrons. The summed E-state index contributed by atoms with van der Waals surface area (Å²) in [5.41, 5.74) is 0. The first-order valence-electron chi connectivity index (χ1n) is 8.06. The van der Waals surface area contributed by atoms with Crippen LogP contribution in [0.5, 0.6) is 0 Å². The average Bonchev–Trinajstić information content (AvgIpc) is 2.46. The maximum absolute atomic E-state index is 12.5. The smallest absolute Gasteiger partial charge is 0.215 e. The molecule has 0 aromatic rings. The Morgan fingerprint density at radius 1 is 1.14 bits per heavy atom. The standard InChI is InChI=1S/C14H30N4O2S/c1-16(2)7-8-17-9-11-18(12-10-17)21(19,20)13-14-5-3-4-6-15-14/h14-15H,3-13H2,1-2H3. The normalized spacial score (nSPS) is 26.3. The molecule has 0 amide bonds. The van der Waals surface area contributed by atoms with Crippen LogP contribution in [0.2, 0.25) is 0 Å². The number of nitrogens with zero attached hydrogens (tertiary/aromatic N) is 3. The van der Waals surface area contributed by atoms with Gasteiger partial charge in [0.05, 0.1) is 5.75 Å². The molecular weight excluding hydrogens is 288 g/mol. The number of piperazine rings is 1. The number of rotatable bonds is 6. The lowest BCUT2D eigenvalue weighted by Crippen LogP contribution is -2.52. The van der Waals surface area contributed by atoms with Gasteiger partial charge in [-0.15, -0.1) is 0 Å². The lowest BCUT2D eigenvalue weighted by atomic mass is 10.1. The fourth-order valence-electron chi connectivity index (χ4n) is 3.00. The van der Waals surface area contributed by atoms with Gasteiger partial charge < -0.3 is 10.2 Å². The molecule has 0 aromatic carbocycles. The first-order chi connectivity index (χ1) is 9.97. The van der Waals surface area contributed by atoms with E-state index in [1.807, 2.05) is 0 Å². The molecule has 2 saturated heterocycles. The van der Waals surface area contributed by atoms with E-state index in [1.165, 1.54) is 6.42 Å². The van der Waals surface area contributed by atoms with E-state index in [9.17, 15) is 8.42 Å². The molecule has 0 aromatic heterocycles. The van der Waals surface area contributed by atoms with Crippen molar-refractivity contribution in [3.63, 3.8) is 0 Å². The molecule has 0 spiro atoms. The first kappa shape index (κ1) is 17.1. The van der Waals surface area contributed by atoms with Gasteiger partial charge in [-0.2, -0.15) is 4.31 Å². The fraction of sp³-hybridized carbons (Fsp3) is 1.00. The van der Waals surface area contributed by atoms with Crippen molar-refractivity contribution in [2.75, 3.05) is 65.7 Å². The van der Waals surface area contributed by atoms with Crippen molar-refractivity contribution in [1.82, 2.24) is 19.4 Å². The topological polar surface area (TPSA) is 55.9 Å². The second-order valence-electron chi connectivity index (χ2n) is 6.47. The number of nitrogens with one attached hydrogen (secondary N) is 1. The molecule has 7 heteroatoms. The summed E-state index contributed by atoms with van der Waals surface area (Å²) in [6.45, 7) is 5.99. The molecule has 1 unspecified atom stereocenters. The van der Waals surface area contributed by atoms with E-state index in [-0.39, 0.29) is 11.8 Å². The summed E-state index contributed by atoms with van der Waals surface area (Å²) in [5.74, 6) is 0.269. The summed E-state index contributed by atoms with van der Waals surface area (Å²) in [6, 6.07) is 0.149. The predicted octanol–water partition coefficient (Wildman–Crippen LogP) is -0.362. The van der Waals surface area contributed by atoms with E-state index in [0.717, 1.165) is 45.6 Å². The maximum atomic E-state index is 12.5. The maximum Gasteiger partial charge on any atom is 0.215 e. The third kappa shape index (κ3) is 5.49. The minimum absolute atomic E-state index is 0.149. The first-order valence-corrected chi connectivity index (χ1v) is 9.66. The molecule has 2 heterocycles. The summed E-state index contributed by atoms with van der Waals surface area (Å²) < 4.78 is 26.7. The lowest BCUT2D eigenvalue weighted by molar-refractivity contribution is 0.174. The summed E-state index contributed by atoms with van der Waals surface area (Å²) in [6.07, 6.45) is 3.30. The highest BCUT2D eigenvalue weighted by Crippen LogP contribution is 2.14. The number of hydrogen-bond donors (Lipinski definition) is 1. The summed E-state index contributed by atoms with van der Waals surface area (Å²) >= 11 is 0. The molecule has 0 radical (unpaired) electrons. The molecule has 21 heavy (non-hydrogen) atoms. The summed E-state index contributed by atoms with van der Waals surface area (Å²) in [4.78, 5) is 4.52. The summed E-state index contributed by atoms with van der Waals surface area (Å²) in [7, 11) is 1.03. The van der Waals surface area contributed by atoms with Crippen molar-refractivity contribution < 1.29 is 8.42 Å². The molecule has 1 atom stereocenters. The Balaban J connectivity index is 1.77. The van der Waals surface area contributed by atoms with Gasteiger partial charge in [-0.1, -0.05) is 6.42 Å². The van der Waals surface area contributed by atoms with E-state index in [2.05, 4.69) is 29.2 Å². The zero-order valence-corrected chi connectivity index (χ0v) is 14.2. The van der Waals surface area contributed by atoms with Crippen molar-refractivity contribution in [3.05, 3.63) is 0 Å². The van der Waals surface area contributed by atoms with E-state index < -0.39 is 10.0 Å². The Bertz CT molecular complexity index is 399. The highest BCUT2D eigenvalue weighted by molar-refractivity contribution is 7.89. The quantitative estimate of drug-likeness (QED) is 0.725. The van der Waals surface area contributed by atoms with Crippen LogP contribution in [0.15, 0.2) is 0 Å². The van der Waals surface area contributed by atoms with Gasteiger partial charge >= 0.3 is 0 Å². The van der Waals surface area contributed by atoms with Crippen molar-refractivity contribution in [2.24, 2.45) is 0 Å². The van der Waals surface area contributed by atoms with Gasteiger partial charge in [0.2, 0.25) is 10.0 Å². The SMILES string of the molecule is CN(C)CCN1CCN(S(=O)(=O)CC2CCCCN2)CC1. The Hall–Kier alpha value is -0.210. The van der Waals surface area contributed by atoms with Crippen LogP contribution in [0, 0.1) is 0 Å². The van der Waals surface area contributed by atoms with Gasteiger partial charge in [-0.3, -0.25) is 4.90 Å². The van der Waals surface area contributed by atoms with Crippen LogP contribution >= 0.6 is 0 Å². The van der Waals surface area contributed by atoms with Gasteiger partial charge in [0.15, 0.2) is 0 Å². The van der Waals surface area contributed by atoms with Gasteiger partial charge in [-0.05, 0) is 33.5 Å². The van der Waals surface area contributed by atoms with Crippen molar-refractivity contribution in [3.8, 4) is 0 Å². The Morgan fingerprint density at radius 3 is 2.43 bits per heavy atom. The van der Waals surface area contributed by atoms with Crippen LogP contribution in [0.3, 0.4) is 0 Å². The third-order valence-corrected chi connectivity index (χ3v) is 6.39. The Kier molecular flexibility index (Phi) is 6.43. The molecule has 0 bridgehead atoms. The average molecular weight is 318 g/mol.